The Morgan fingerprint density at radius 1 is 1.50 bits per heavy atom. The lowest BCUT2D eigenvalue weighted by molar-refractivity contribution is -0.384. The highest BCUT2D eigenvalue weighted by molar-refractivity contribution is 5.60. The molecule has 2 heterocycles. The van der Waals surface area contributed by atoms with E-state index in [0.29, 0.717) is 12.4 Å². The van der Waals surface area contributed by atoms with Crippen LogP contribution in [-0.4, -0.2) is 36.1 Å². The third kappa shape index (κ3) is 2.55. The standard InChI is InChI=1S/C11H13N5O2/c12-7-9-6-10(16(17)18)11(14-8-9)15-4-1-2-13-3-5-15/h6,8,13H,1-5H2. The summed E-state index contributed by atoms with van der Waals surface area (Å²) in [6.45, 7) is 3.09. The van der Waals surface area contributed by atoms with Crippen LogP contribution in [0.4, 0.5) is 11.5 Å². The molecule has 94 valence electrons. The Hall–Kier alpha value is -2.20. The Balaban J connectivity index is 2.36. The number of pyridine rings is 1. The molecular weight excluding hydrogens is 234 g/mol. The van der Waals surface area contributed by atoms with Crippen LogP contribution >= 0.6 is 0 Å². The maximum atomic E-state index is 11.0. The van der Waals surface area contributed by atoms with Crippen molar-refractivity contribution < 1.29 is 4.92 Å². The second-order valence-corrected chi connectivity index (χ2v) is 4.03. The summed E-state index contributed by atoms with van der Waals surface area (Å²) in [7, 11) is 0. The van der Waals surface area contributed by atoms with Gasteiger partial charge in [0, 0.05) is 31.9 Å². The highest BCUT2D eigenvalue weighted by Gasteiger charge is 2.22. The molecule has 1 fully saturated rings. The van der Waals surface area contributed by atoms with Gasteiger partial charge in [-0.15, -0.1) is 0 Å². The van der Waals surface area contributed by atoms with Crippen LogP contribution in [0.3, 0.4) is 0 Å². The average molecular weight is 247 g/mol. The number of aromatic nitrogens is 1. The van der Waals surface area contributed by atoms with Crippen LogP contribution in [0, 0.1) is 21.4 Å². The average Bonchev–Trinajstić information content (AvgIpc) is 2.66. The normalized spacial score (nSPS) is 15.8. The summed E-state index contributed by atoms with van der Waals surface area (Å²) in [5.41, 5.74) is 0.106. The van der Waals surface area contributed by atoms with E-state index in [1.807, 2.05) is 11.0 Å². The summed E-state index contributed by atoms with van der Waals surface area (Å²) in [5.74, 6) is 0.350. The Morgan fingerprint density at radius 2 is 2.33 bits per heavy atom. The van der Waals surface area contributed by atoms with Gasteiger partial charge in [-0.25, -0.2) is 4.98 Å². The maximum Gasteiger partial charge on any atom is 0.312 e. The number of hydrogen-bond acceptors (Lipinski definition) is 6. The molecule has 0 atom stereocenters. The minimum atomic E-state index is -0.485. The van der Waals surface area contributed by atoms with Crippen LogP contribution in [0.15, 0.2) is 12.3 Å². The summed E-state index contributed by atoms with van der Waals surface area (Å²) in [6.07, 6.45) is 2.29. The van der Waals surface area contributed by atoms with Gasteiger partial charge in [0.2, 0.25) is 5.82 Å². The van der Waals surface area contributed by atoms with Crippen LogP contribution in [0.5, 0.6) is 0 Å². The van der Waals surface area contributed by atoms with Crippen molar-refractivity contribution in [1.82, 2.24) is 10.3 Å². The lowest BCUT2D eigenvalue weighted by Gasteiger charge is -2.20. The van der Waals surface area contributed by atoms with Crippen molar-refractivity contribution >= 4 is 11.5 Å². The van der Waals surface area contributed by atoms with Gasteiger partial charge in [0.05, 0.1) is 10.5 Å². The van der Waals surface area contributed by atoms with E-state index in [9.17, 15) is 10.1 Å². The van der Waals surface area contributed by atoms with Crippen LogP contribution < -0.4 is 10.2 Å². The molecule has 1 aliphatic heterocycles. The van der Waals surface area contributed by atoms with E-state index in [0.717, 1.165) is 26.1 Å². The quantitative estimate of drug-likeness (QED) is 0.609. The van der Waals surface area contributed by atoms with Crippen molar-refractivity contribution in [3.63, 3.8) is 0 Å². The fourth-order valence-electron chi connectivity index (χ4n) is 1.94. The first-order valence-corrected chi connectivity index (χ1v) is 5.72. The van der Waals surface area contributed by atoms with E-state index < -0.39 is 4.92 Å². The van der Waals surface area contributed by atoms with Gasteiger partial charge in [-0.3, -0.25) is 10.1 Å². The summed E-state index contributed by atoms with van der Waals surface area (Å²) in [4.78, 5) is 16.5. The molecule has 0 spiro atoms. The van der Waals surface area contributed by atoms with E-state index >= 15 is 0 Å². The van der Waals surface area contributed by atoms with Gasteiger partial charge in [-0.2, -0.15) is 5.26 Å². The van der Waals surface area contributed by atoms with E-state index in [-0.39, 0.29) is 11.3 Å². The number of rotatable bonds is 2. The topological polar surface area (TPSA) is 95.1 Å². The molecule has 0 radical (unpaired) electrons. The lowest BCUT2D eigenvalue weighted by atomic mass is 10.2. The van der Waals surface area contributed by atoms with E-state index in [2.05, 4.69) is 10.3 Å². The zero-order valence-corrected chi connectivity index (χ0v) is 9.80. The minimum absolute atomic E-state index is 0.101. The molecule has 18 heavy (non-hydrogen) atoms. The smallest absolute Gasteiger partial charge is 0.312 e. The fraction of sp³-hybridized carbons (Fsp3) is 0.455. The number of hydrogen-bond donors (Lipinski definition) is 1. The molecule has 1 aromatic rings. The highest BCUT2D eigenvalue weighted by atomic mass is 16.6. The van der Waals surface area contributed by atoms with Gasteiger partial charge in [0.25, 0.3) is 0 Å². The summed E-state index contributed by atoms with van der Waals surface area (Å²) in [6, 6.07) is 3.15. The van der Waals surface area contributed by atoms with Crippen molar-refractivity contribution in [3.8, 4) is 6.07 Å². The SMILES string of the molecule is N#Cc1cnc(N2CCCNCC2)c([N+](=O)[O-])c1. The molecule has 7 nitrogen and oxygen atoms in total. The minimum Gasteiger partial charge on any atom is -0.350 e. The van der Waals surface area contributed by atoms with Crippen LogP contribution in [-0.2, 0) is 0 Å². The largest absolute Gasteiger partial charge is 0.350 e. The number of nitriles is 1. The second-order valence-electron chi connectivity index (χ2n) is 4.03. The number of anilines is 1. The molecular formula is C11H13N5O2. The molecule has 0 saturated carbocycles. The highest BCUT2D eigenvalue weighted by Crippen LogP contribution is 2.26. The molecule has 0 unspecified atom stereocenters. The van der Waals surface area contributed by atoms with Gasteiger partial charge in [-0.1, -0.05) is 0 Å². The second kappa shape index (κ2) is 5.42. The Morgan fingerprint density at radius 3 is 3.06 bits per heavy atom. The van der Waals surface area contributed by atoms with Crippen molar-refractivity contribution in [2.45, 2.75) is 6.42 Å². The van der Waals surface area contributed by atoms with Gasteiger partial charge >= 0.3 is 5.69 Å². The zero-order chi connectivity index (χ0) is 13.0. The Labute approximate surface area is 104 Å². The van der Waals surface area contributed by atoms with Crippen LogP contribution in [0.1, 0.15) is 12.0 Å². The van der Waals surface area contributed by atoms with Crippen molar-refractivity contribution in [3.05, 3.63) is 27.9 Å². The molecule has 1 aromatic heterocycles. The van der Waals surface area contributed by atoms with Gasteiger partial charge in [0.1, 0.15) is 6.07 Å². The molecule has 0 bridgehead atoms. The van der Waals surface area contributed by atoms with Crippen molar-refractivity contribution in [1.29, 1.82) is 5.26 Å². The fourth-order valence-corrected chi connectivity index (χ4v) is 1.94. The number of nitro groups is 1. The number of nitrogens with one attached hydrogen (secondary N) is 1. The van der Waals surface area contributed by atoms with Gasteiger partial charge in [-0.05, 0) is 13.0 Å². The lowest BCUT2D eigenvalue weighted by Crippen LogP contribution is -2.29. The first-order chi connectivity index (χ1) is 8.72. The van der Waals surface area contributed by atoms with Gasteiger partial charge < -0.3 is 10.2 Å². The van der Waals surface area contributed by atoms with Crippen LogP contribution in [0.25, 0.3) is 0 Å². The Kier molecular flexibility index (Phi) is 3.69. The zero-order valence-electron chi connectivity index (χ0n) is 9.80. The summed E-state index contributed by atoms with van der Waals surface area (Å²) < 4.78 is 0. The third-order valence-electron chi connectivity index (χ3n) is 2.81. The van der Waals surface area contributed by atoms with E-state index in [1.54, 1.807) is 0 Å². The first kappa shape index (κ1) is 12.3. The summed E-state index contributed by atoms with van der Waals surface area (Å²) >= 11 is 0. The molecule has 0 aliphatic carbocycles. The number of nitrogens with zero attached hydrogens (tertiary/aromatic N) is 4. The summed E-state index contributed by atoms with van der Waals surface area (Å²) in [5, 5.41) is 23.0. The van der Waals surface area contributed by atoms with Crippen LogP contribution in [0.2, 0.25) is 0 Å². The van der Waals surface area contributed by atoms with Gasteiger partial charge in [0.15, 0.2) is 0 Å². The predicted molar refractivity (Wildman–Crippen MR) is 65.3 cm³/mol. The molecule has 7 heteroatoms. The molecule has 0 amide bonds. The maximum absolute atomic E-state index is 11.0. The molecule has 1 saturated heterocycles. The molecule has 1 aliphatic rings. The molecule has 2 rings (SSSR count). The van der Waals surface area contributed by atoms with E-state index in [1.165, 1.54) is 12.3 Å². The first-order valence-electron chi connectivity index (χ1n) is 5.72. The molecule has 1 N–H and O–H groups in total. The molecule has 0 aromatic carbocycles. The van der Waals surface area contributed by atoms with Crippen molar-refractivity contribution in [2.75, 3.05) is 31.1 Å². The predicted octanol–water partition coefficient (Wildman–Crippen LogP) is 0.661. The van der Waals surface area contributed by atoms with Crippen molar-refractivity contribution in [2.24, 2.45) is 0 Å². The monoisotopic (exact) mass is 247 g/mol. The Bertz CT molecular complexity index is 489. The third-order valence-corrected chi connectivity index (χ3v) is 2.81. The van der Waals surface area contributed by atoms with E-state index in [4.69, 9.17) is 5.26 Å².